The van der Waals surface area contributed by atoms with E-state index < -0.39 is 17.3 Å². The van der Waals surface area contributed by atoms with E-state index in [2.05, 4.69) is 5.32 Å². The molecule has 0 fully saturated rings. The van der Waals surface area contributed by atoms with Crippen LogP contribution in [0.15, 0.2) is 58.3 Å². The van der Waals surface area contributed by atoms with Gasteiger partial charge in [0.25, 0.3) is 11.1 Å². The lowest BCUT2D eigenvalue weighted by molar-refractivity contribution is -0.138. The average Bonchev–Trinajstić information content (AvgIpc) is 2.56. The van der Waals surface area contributed by atoms with Gasteiger partial charge in [0.05, 0.1) is 17.7 Å². The Morgan fingerprint density at radius 1 is 1.08 bits per heavy atom. The maximum Gasteiger partial charge on any atom is 0.417 e. The minimum absolute atomic E-state index is 0.128. The molecule has 2 heterocycles. The molecule has 0 radical (unpaired) electrons. The fourth-order valence-corrected chi connectivity index (χ4v) is 2.56. The molecule has 0 aliphatic carbocycles. The highest BCUT2D eigenvalue weighted by Crippen LogP contribution is 2.29. The number of halogens is 3. The lowest BCUT2D eigenvalue weighted by Crippen LogP contribution is -2.28. The summed E-state index contributed by atoms with van der Waals surface area (Å²) in [7, 11) is 1.24. The van der Waals surface area contributed by atoms with E-state index in [0.717, 1.165) is 22.2 Å². The summed E-state index contributed by atoms with van der Waals surface area (Å²) in [5.41, 5.74) is -1.48. The number of nitrogens with zero attached hydrogens (tertiary/aromatic N) is 2. The summed E-state index contributed by atoms with van der Waals surface area (Å²) in [6.45, 7) is -0.128. The van der Waals surface area contributed by atoms with Crippen LogP contribution in [0.4, 0.5) is 18.9 Å². The number of hydrogen-bond donors (Lipinski definition) is 1. The highest BCUT2D eigenvalue weighted by atomic mass is 19.4. The third kappa shape index (κ3) is 3.28. The highest BCUT2D eigenvalue weighted by molar-refractivity contribution is 5.78. The van der Waals surface area contributed by atoms with Crippen LogP contribution >= 0.6 is 0 Å². The van der Waals surface area contributed by atoms with Crippen molar-refractivity contribution in [2.75, 3.05) is 5.32 Å². The molecular weight excluding hydrogens is 335 g/mol. The number of para-hydroxylation sites is 1. The first-order chi connectivity index (χ1) is 11.8. The number of pyridine rings is 2. The normalized spacial score (nSPS) is 11.7. The number of anilines is 1. The van der Waals surface area contributed by atoms with Crippen molar-refractivity contribution in [3.63, 3.8) is 0 Å². The molecule has 1 aromatic carbocycles. The Kier molecular flexibility index (Phi) is 4.12. The third-order valence-electron chi connectivity index (χ3n) is 3.84. The predicted molar refractivity (Wildman–Crippen MR) is 88.5 cm³/mol. The molecule has 0 spiro atoms. The van der Waals surface area contributed by atoms with Crippen LogP contribution in [0.1, 0.15) is 5.56 Å². The lowest BCUT2D eigenvalue weighted by atomic mass is 10.2. The van der Waals surface area contributed by atoms with Crippen LogP contribution in [0.2, 0.25) is 0 Å². The van der Waals surface area contributed by atoms with Crippen LogP contribution in [0.3, 0.4) is 0 Å². The van der Waals surface area contributed by atoms with Crippen LogP contribution in [-0.4, -0.2) is 9.13 Å². The summed E-state index contributed by atoms with van der Waals surface area (Å²) in [4.78, 5) is 24.2. The summed E-state index contributed by atoms with van der Waals surface area (Å²) in [6, 6.07) is 10.9. The number of aromatic nitrogens is 2. The van der Waals surface area contributed by atoms with Gasteiger partial charge in [-0.15, -0.1) is 0 Å². The van der Waals surface area contributed by atoms with E-state index in [9.17, 15) is 22.8 Å². The van der Waals surface area contributed by atoms with Gasteiger partial charge in [0.2, 0.25) is 0 Å². The van der Waals surface area contributed by atoms with E-state index in [1.165, 1.54) is 17.7 Å². The molecule has 0 saturated heterocycles. The van der Waals surface area contributed by atoms with Crippen molar-refractivity contribution in [3.8, 4) is 0 Å². The Morgan fingerprint density at radius 2 is 1.80 bits per heavy atom. The van der Waals surface area contributed by atoms with Crippen molar-refractivity contribution in [3.05, 3.63) is 74.9 Å². The second kappa shape index (κ2) is 6.12. The molecule has 0 aliphatic rings. The minimum Gasteiger partial charge on any atom is -0.363 e. The van der Waals surface area contributed by atoms with Crippen LogP contribution < -0.4 is 16.4 Å². The van der Waals surface area contributed by atoms with Crippen molar-refractivity contribution < 1.29 is 13.2 Å². The minimum atomic E-state index is -4.57. The van der Waals surface area contributed by atoms with Crippen molar-refractivity contribution >= 4 is 16.6 Å². The van der Waals surface area contributed by atoms with Crippen molar-refractivity contribution in [2.45, 2.75) is 12.8 Å². The fourth-order valence-electron chi connectivity index (χ4n) is 2.56. The molecule has 0 unspecified atom stereocenters. The topological polar surface area (TPSA) is 56.0 Å². The molecule has 0 amide bonds. The van der Waals surface area contributed by atoms with Crippen LogP contribution in [0, 0.1) is 0 Å². The number of alkyl halides is 3. The Morgan fingerprint density at radius 3 is 2.52 bits per heavy atom. The van der Waals surface area contributed by atoms with Gasteiger partial charge in [0, 0.05) is 19.3 Å². The summed E-state index contributed by atoms with van der Waals surface area (Å²) in [6.07, 6.45) is -3.84. The zero-order valence-electron chi connectivity index (χ0n) is 13.2. The SMILES string of the molecule is Cn1cc(C(F)(F)F)cc(NCn2c(=O)ccc3ccccc32)c1=O. The van der Waals surface area contributed by atoms with Gasteiger partial charge < -0.3 is 9.88 Å². The molecule has 0 saturated carbocycles. The summed E-state index contributed by atoms with van der Waals surface area (Å²) < 4.78 is 41.0. The van der Waals surface area contributed by atoms with Gasteiger partial charge >= 0.3 is 6.18 Å². The molecule has 0 atom stereocenters. The summed E-state index contributed by atoms with van der Waals surface area (Å²) in [5.74, 6) is 0. The number of hydrogen-bond acceptors (Lipinski definition) is 3. The van der Waals surface area contributed by atoms with E-state index in [4.69, 9.17) is 0 Å². The van der Waals surface area contributed by atoms with Crippen molar-refractivity contribution in [2.24, 2.45) is 7.05 Å². The maximum atomic E-state index is 12.9. The molecule has 0 aliphatic heterocycles. The number of fused-ring (bicyclic) bond motifs is 1. The second-order valence-corrected chi connectivity index (χ2v) is 5.55. The van der Waals surface area contributed by atoms with E-state index in [1.54, 1.807) is 18.2 Å². The molecule has 25 heavy (non-hydrogen) atoms. The monoisotopic (exact) mass is 349 g/mol. The molecule has 3 aromatic rings. The van der Waals surface area contributed by atoms with Gasteiger partial charge in [-0.3, -0.25) is 14.2 Å². The molecule has 8 heteroatoms. The molecule has 3 rings (SSSR count). The Bertz CT molecular complexity index is 1050. The molecule has 0 bridgehead atoms. The first kappa shape index (κ1) is 16.8. The van der Waals surface area contributed by atoms with Gasteiger partial charge in [0.15, 0.2) is 0 Å². The number of rotatable bonds is 3. The third-order valence-corrected chi connectivity index (χ3v) is 3.84. The van der Waals surface area contributed by atoms with E-state index in [-0.39, 0.29) is 17.9 Å². The van der Waals surface area contributed by atoms with E-state index >= 15 is 0 Å². The smallest absolute Gasteiger partial charge is 0.363 e. The second-order valence-electron chi connectivity index (χ2n) is 5.55. The Balaban J connectivity index is 2.01. The summed E-state index contributed by atoms with van der Waals surface area (Å²) >= 11 is 0. The first-order valence-corrected chi connectivity index (χ1v) is 7.38. The summed E-state index contributed by atoms with van der Waals surface area (Å²) in [5, 5.41) is 3.45. The fraction of sp³-hybridized carbons (Fsp3) is 0.176. The molecule has 5 nitrogen and oxygen atoms in total. The van der Waals surface area contributed by atoms with E-state index in [1.807, 2.05) is 12.1 Å². The van der Waals surface area contributed by atoms with Crippen LogP contribution in [-0.2, 0) is 19.9 Å². The molecule has 130 valence electrons. The van der Waals surface area contributed by atoms with Crippen LogP contribution in [0.5, 0.6) is 0 Å². The molecular formula is C17H14F3N3O2. The van der Waals surface area contributed by atoms with Gasteiger partial charge in [-0.2, -0.15) is 13.2 Å². The Labute approximate surface area is 139 Å². The van der Waals surface area contributed by atoms with Gasteiger partial charge in [-0.1, -0.05) is 18.2 Å². The maximum absolute atomic E-state index is 12.9. The highest BCUT2D eigenvalue weighted by Gasteiger charge is 2.31. The molecule has 1 N–H and O–H groups in total. The zero-order chi connectivity index (χ0) is 18.2. The number of nitrogens with one attached hydrogen (secondary N) is 1. The number of aryl methyl sites for hydroxylation is 1. The standard InChI is InChI=1S/C17H14F3N3O2/c1-22-9-12(17(18,19)20)8-13(16(22)25)21-10-23-14-5-3-2-4-11(14)6-7-15(23)24/h2-9,21H,10H2,1H3. The van der Waals surface area contributed by atoms with Gasteiger partial charge in [-0.25, -0.2) is 0 Å². The zero-order valence-corrected chi connectivity index (χ0v) is 13.2. The lowest BCUT2D eigenvalue weighted by Gasteiger charge is -2.14. The van der Waals surface area contributed by atoms with Crippen molar-refractivity contribution in [1.82, 2.24) is 9.13 Å². The average molecular weight is 349 g/mol. The van der Waals surface area contributed by atoms with Gasteiger partial charge in [-0.05, 0) is 23.6 Å². The predicted octanol–water partition coefficient (Wildman–Crippen LogP) is 2.79. The Hall–Kier alpha value is -3.03. The number of benzene rings is 1. The van der Waals surface area contributed by atoms with Gasteiger partial charge in [0.1, 0.15) is 5.69 Å². The van der Waals surface area contributed by atoms with E-state index in [0.29, 0.717) is 5.52 Å². The molecule has 2 aromatic heterocycles. The van der Waals surface area contributed by atoms with Crippen molar-refractivity contribution in [1.29, 1.82) is 0 Å². The van der Waals surface area contributed by atoms with Crippen LogP contribution in [0.25, 0.3) is 10.9 Å². The first-order valence-electron chi connectivity index (χ1n) is 7.38. The largest absolute Gasteiger partial charge is 0.417 e. The quantitative estimate of drug-likeness (QED) is 0.791.